The largest absolute Gasteiger partial charge is 0.358 e. The molecule has 0 amide bonds. The van der Waals surface area contributed by atoms with Crippen LogP contribution in [-0.2, 0) is 0 Å². The van der Waals surface area contributed by atoms with Gasteiger partial charge < -0.3 is 5.73 Å². The summed E-state index contributed by atoms with van der Waals surface area (Å²) < 4.78 is 3.71. The molecule has 0 bridgehead atoms. The molecule has 2 N–H and O–H groups in total. The maximum absolute atomic E-state index is 5.45. The Morgan fingerprint density at radius 1 is 1.00 bits per heavy atom. The van der Waals surface area contributed by atoms with Gasteiger partial charge in [0, 0.05) is 42.6 Å². The Morgan fingerprint density at radius 3 is 2.63 bits per heavy atom. The lowest BCUT2D eigenvalue weighted by atomic mass is 10.2. The van der Waals surface area contributed by atoms with Gasteiger partial charge in [0.1, 0.15) is 6.33 Å². The lowest BCUT2D eigenvalue weighted by Crippen LogP contribution is -2.21. The number of para-hydroxylation sites is 1. The Morgan fingerprint density at radius 2 is 1.83 bits per heavy atom. The molecule has 1 aromatic carbocycles. The smallest absolute Gasteiger partial charge is 0.243 e. The van der Waals surface area contributed by atoms with E-state index in [2.05, 4.69) is 27.0 Å². The van der Waals surface area contributed by atoms with Gasteiger partial charge >= 0.3 is 0 Å². The van der Waals surface area contributed by atoms with E-state index in [0.717, 1.165) is 21.9 Å². The van der Waals surface area contributed by atoms with Crippen molar-refractivity contribution in [2.75, 3.05) is 11.4 Å². The number of rotatable bonds is 4. The van der Waals surface area contributed by atoms with Crippen LogP contribution in [-0.4, -0.2) is 40.6 Å². The molecule has 0 spiro atoms. The van der Waals surface area contributed by atoms with Gasteiger partial charge in [-0.2, -0.15) is 15.0 Å². The van der Waals surface area contributed by atoms with Crippen LogP contribution in [0.4, 0.5) is 5.95 Å². The highest BCUT2D eigenvalue weighted by Gasteiger charge is 2.18. The van der Waals surface area contributed by atoms with Crippen LogP contribution in [0.2, 0.25) is 0 Å². The molecule has 9 heteroatoms. The summed E-state index contributed by atoms with van der Waals surface area (Å²) in [5.41, 5.74) is 8.19. The third kappa shape index (κ3) is 2.79. The van der Waals surface area contributed by atoms with Gasteiger partial charge in [0.15, 0.2) is 0 Å². The Kier molecular flexibility index (Phi) is 4.22. The van der Waals surface area contributed by atoms with Gasteiger partial charge in [-0.05, 0) is 25.1 Å². The number of pyridine rings is 1. The lowest BCUT2D eigenvalue weighted by molar-refractivity contribution is 0.834. The molecule has 0 saturated carbocycles. The van der Waals surface area contributed by atoms with Crippen LogP contribution in [0.25, 0.3) is 33.8 Å². The van der Waals surface area contributed by atoms with E-state index in [1.54, 1.807) is 34.4 Å². The highest BCUT2D eigenvalue weighted by Crippen LogP contribution is 2.29. The number of nitrogens with zero attached hydrogens (tertiary/aromatic N) is 8. The summed E-state index contributed by atoms with van der Waals surface area (Å²) in [4.78, 5) is 24.4. The second kappa shape index (κ2) is 7.18. The minimum absolute atomic E-state index is 0.402. The van der Waals surface area contributed by atoms with Crippen LogP contribution in [0.1, 0.15) is 6.92 Å². The Balaban J connectivity index is 1.84. The summed E-state index contributed by atoms with van der Waals surface area (Å²) in [6.07, 6.45) is 6.87. The van der Waals surface area contributed by atoms with Crippen molar-refractivity contribution in [1.82, 2.24) is 34.1 Å². The van der Waals surface area contributed by atoms with E-state index in [-0.39, 0.29) is 0 Å². The normalized spacial score (nSPS) is 10.8. The van der Waals surface area contributed by atoms with Gasteiger partial charge in [0.2, 0.25) is 17.8 Å². The number of benzene rings is 1. The third-order valence-corrected chi connectivity index (χ3v) is 4.72. The first-order chi connectivity index (χ1) is 14.8. The molecule has 0 unspecified atom stereocenters. The molecular formula is C21H17N9. The average molecular weight is 395 g/mol. The summed E-state index contributed by atoms with van der Waals surface area (Å²) in [5, 5.41) is 1.02. The first-order valence-electron chi connectivity index (χ1n) is 9.38. The molecule has 4 aromatic heterocycles. The van der Waals surface area contributed by atoms with Crippen molar-refractivity contribution in [1.29, 1.82) is 0 Å². The molecule has 5 rings (SSSR count). The summed E-state index contributed by atoms with van der Waals surface area (Å²) in [7, 11) is 0. The van der Waals surface area contributed by atoms with Gasteiger partial charge in [-0.25, -0.2) is 4.98 Å². The SMILES string of the molecule is CCN(C#CN)c1nc(-n2ccnc2)nc(-n2c3ccccc3c3ncccc32)n1. The molecule has 30 heavy (non-hydrogen) atoms. The zero-order valence-electron chi connectivity index (χ0n) is 16.1. The maximum Gasteiger partial charge on any atom is 0.243 e. The fourth-order valence-corrected chi connectivity index (χ4v) is 3.40. The summed E-state index contributed by atoms with van der Waals surface area (Å²) in [6, 6.07) is 17.2. The molecule has 0 aliphatic rings. The van der Waals surface area contributed by atoms with Crippen LogP contribution >= 0.6 is 0 Å². The number of anilines is 1. The molecule has 9 nitrogen and oxygen atoms in total. The summed E-state index contributed by atoms with van der Waals surface area (Å²) in [6.45, 7) is 2.51. The van der Waals surface area contributed by atoms with E-state index in [9.17, 15) is 0 Å². The number of nitrogens with two attached hydrogens (primary N) is 1. The minimum Gasteiger partial charge on any atom is -0.358 e. The first kappa shape index (κ1) is 17.6. The number of hydrogen-bond donors (Lipinski definition) is 1. The van der Waals surface area contributed by atoms with Crippen LogP contribution in [0, 0.1) is 12.1 Å². The second-order valence-corrected chi connectivity index (χ2v) is 6.43. The monoisotopic (exact) mass is 395 g/mol. The molecule has 4 heterocycles. The molecule has 0 fully saturated rings. The van der Waals surface area contributed by atoms with E-state index < -0.39 is 0 Å². The van der Waals surface area contributed by atoms with Crippen molar-refractivity contribution >= 4 is 27.9 Å². The highest BCUT2D eigenvalue weighted by atomic mass is 15.3. The number of fused-ring (bicyclic) bond motifs is 3. The molecule has 0 aliphatic heterocycles. The Labute approximate surface area is 171 Å². The van der Waals surface area contributed by atoms with Gasteiger partial charge in [0.25, 0.3) is 0 Å². The summed E-state index contributed by atoms with van der Waals surface area (Å²) >= 11 is 0. The third-order valence-electron chi connectivity index (χ3n) is 4.72. The van der Waals surface area contributed by atoms with Crippen LogP contribution in [0.3, 0.4) is 0 Å². The molecular weight excluding hydrogens is 378 g/mol. The maximum atomic E-state index is 5.45. The van der Waals surface area contributed by atoms with Crippen molar-refractivity contribution in [2.45, 2.75) is 6.92 Å². The first-order valence-corrected chi connectivity index (χ1v) is 9.38. The number of aromatic nitrogens is 7. The molecule has 0 atom stereocenters. The van der Waals surface area contributed by atoms with Crippen LogP contribution in [0.15, 0.2) is 61.3 Å². The van der Waals surface area contributed by atoms with E-state index in [4.69, 9.17) is 15.7 Å². The van der Waals surface area contributed by atoms with E-state index in [0.29, 0.717) is 24.4 Å². The van der Waals surface area contributed by atoms with Crippen molar-refractivity contribution in [3.05, 3.63) is 61.3 Å². The van der Waals surface area contributed by atoms with Crippen molar-refractivity contribution in [3.8, 4) is 24.0 Å². The highest BCUT2D eigenvalue weighted by molar-refractivity contribution is 6.06. The number of imidazole rings is 1. The number of hydrogen-bond acceptors (Lipinski definition) is 7. The molecule has 0 aliphatic carbocycles. The molecule has 0 saturated heterocycles. The fourth-order valence-electron chi connectivity index (χ4n) is 3.40. The van der Waals surface area contributed by atoms with Gasteiger partial charge in [0.05, 0.1) is 16.6 Å². The van der Waals surface area contributed by atoms with E-state index in [1.807, 2.05) is 47.9 Å². The summed E-state index contributed by atoms with van der Waals surface area (Å²) in [5.74, 6) is 1.29. The average Bonchev–Trinajstić information content (AvgIpc) is 3.44. The fraction of sp³-hybridized carbons (Fsp3) is 0.0952. The van der Waals surface area contributed by atoms with Crippen molar-refractivity contribution in [3.63, 3.8) is 0 Å². The standard InChI is InChI=1S/C21H17N9/c1-2-28(12-9-22)19-25-20(29-13-11-23-14-29)27-21(26-19)30-16-7-4-3-6-15(16)18-17(30)8-5-10-24-18/h3-8,10-11,13-14H,2,22H2,1H3. The van der Waals surface area contributed by atoms with E-state index in [1.165, 1.54) is 0 Å². The topological polar surface area (TPSA) is 104 Å². The Bertz CT molecular complexity index is 1350. The van der Waals surface area contributed by atoms with E-state index >= 15 is 0 Å². The molecule has 5 aromatic rings. The molecule has 0 radical (unpaired) electrons. The van der Waals surface area contributed by atoms with Gasteiger partial charge in [-0.15, -0.1) is 0 Å². The Hall–Kier alpha value is -4.45. The van der Waals surface area contributed by atoms with Crippen LogP contribution in [0.5, 0.6) is 0 Å². The van der Waals surface area contributed by atoms with Crippen molar-refractivity contribution in [2.24, 2.45) is 5.73 Å². The quantitative estimate of drug-likeness (QED) is 0.368. The van der Waals surface area contributed by atoms with Crippen molar-refractivity contribution < 1.29 is 0 Å². The second-order valence-electron chi connectivity index (χ2n) is 6.43. The zero-order chi connectivity index (χ0) is 20.5. The molecule has 146 valence electrons. The van der Waals surface area contributed by atoms with Gasteiger partial charge in [-0.3, -0.25) is 19.0 Å². The minimum atomic E-state index is 0.402. The predicted octanol–water partition coefficient (Wildman–Crippen LogP) is 2.25. The zero-order valence-corrected chi connectivity index (χ0v) is 16.1. The van der Waals surface area contributed by atoms with Gasteiger partial charge in [-0.1, -0.05) is 18.2 Å². The lowest BCUT2D eigenvalue weighted by Gasteiger charge is -2.15. The van der Waals surface area contributed by atoms with Crippen LogP contribution < -0.4 is 10.6 Å². The predicted molar refractivity (Wildman–Crippen MR) is 114 cm³/mol.